The van der Waals surface area contributed by atoms with Gasteiger partial charge in [0.25, 0.3) is 0 Å². The largest absolute Gasteiger partial charge is 0.314 e. The third-order valence-corrected chi connectivity index (χ3v) is 6.26. The maximum atomic E-state index is 3.52. The summed E-state index contributed by atoms with van der Waals surface area (Å²) in [5, 5.41) is 9.16. The molecule has 0 bridgehead atoms. The summed E-state index contributed by atoms with van der Waals surface area (Å²) in [7, 11) is 0. The minimum Gasteiger partial charge on any atom is -0.314 e. The van der Waals surface area contributed by atoms with Gasteiger partial charge in [-0.2, -0.15) is 0 Å². The third kappa shape index (κ3) is 3.69. The van der Waals surface area contributed by atoms with E-state index < -0.39 is 0 Å². The molecule has 4 heteroatoms. The first-order chi connectivity index (χ1) is 12.4. The predicted molar refractivity (Wildman–Crippen MR) is 120 cm³/mol. The fourth-order valence-corrected chi connectivity index (χ4v) is 4.79. The van der Waals surface area contributed by atoms with Crippen LogP contribution in [0.5, 0.6) is 0 Å². The molecule has 1 saturated carbocycles. The van der Waals surface area contributed by atoms with Gasteiger partial charge in [-0.05, 0) is 51.9 Å². The molecule has 27 heavy (non-hydrogen) atoms. The van der Waals surface area contributed by atoms with E-state index in [0.717, 1.165) is 19.0 Å². The molecule has 1 N–H and O–H groups in total. The van der Waals surface area contributed by atoms with Crippen molar-refractivity contribution in [1.29, 1.82) is 0 Å². The van der Waals surface area contributed by atoms with Gasteiger partial charge in [0.15, 0.2) is 0 Å². The van der Waals surface area contributed by atoms with Crippen LogP contribution in [-0.4, -0.2) is 31.1 Å². The lowest BCUT2D eigenvalue weighted by molar-refractivity contribution is 0.0847. The van der Waals surface area contributed by atoms with Gasteiger partial charge in [-0.15, -0.1) is 24.8 Å². The van der Waals surface area contributed by atoms with Crippen molar-refractivity contribution >= 4 is 46.4 Å². The van der Waals surface area contributed by atoms with Crippen LogP contribution in [0.3, 0.4) is 0 Å². The summed E-state index contributed by atoms with van der Waals surface area (Å²) in [5.74, 6) is 0.822. The molecule has 0 unspecified atom stereocenters. The number of nitrogens with one attached hydrogen (secondary N) is 1. The van der Waals surface area contributed by atoms with E-state index in [4.69, 9.17) is 0 Å². The number of halogens is 2. The fourth-order valence-electron chi connectivity index (χ4n) is 4.79. The first kappa shape index (κ1) is 20.4. The first-order valence-corrected chi connectivity index (χ1v) is 9.77. The smallest absolute Gasteiger partial charge is 0.0383 e. The molecule has 2 nitrogen and oxygen atoms in total. The number of hydrogen-bond donors (Lipinski definition) is 1. The van der Waals surface area contributed by atoms with Crippen molar-refractivity contribution in [1.82, 2.24) is 10.2 Å². The Morgan fingerprint density at radius 3 is 2.11 bits per heavy atom. The Kier molecular flexibility index (Phi) is 6.65. The lowest BCUT2D eigenvalue weighted by atomic mass is 9.75. The van der Waals surface area contributed by atoms with Crippen LogP contribution in [0.4, 0.5) is 0 Å². The van der Waals surface area contributed by atoms with E-state index in [1.54, 1.807) is 5.56 Å². The number of benzene rings is 3. The van der Waals surface area contributed by atoms with Crippen LogP contribution in [0.25, 0.3) is 21.5 Å². The highest BCUT2D eigenvalue weighted by Crippen LogP contribution is 2.44. The van der Waals surface area contributed by atoms with Crippen LogP contribution in [0, 0.1) is 5.92 Å². The summed E-state index contributed by atoms with van der Waals surface area (Å²) in [6.07, 6.45) is 4.17. The lowest BCUT2D eigenvalue weighted by Gasteiger charge is -2.43. The quantitative estimate of drug-likeness (QED) is 0.574. The van der Waals surface area contributed by atoms with E-state index in [2.05, 4.69) is 64.8 Å². The predicted octanol–water partition coefficient (Wildman–Crippen LogP) is 5.58. The minimum absolute atomic E-state index is 0. The second kappa shape index (κ2) is 8.79. The average molecular weight is 403 g/mol. The van der Waals surface area contributed by atoms with E-state index in [1.807, 2.05) is 0 Å². The zero-order valence-corrected chi connectivity index (χ0v) is 17.2. The molecule has 1 heterocycles. The van der Waals surface area contributed by atoms with Crippen molar-refractivity contribution in [2.75, 3.05) is 26.2 Å². The normalized spacial score (nSPS) is 19.1. The van der Waals surface area contributed by atoms with Crippen molar-refractivity contribution < 1.29 is 0 Å². The summed E-state index contributed by atoms with van der Waals surface area (Å²) in [5.41, 5.74) is 1.56. The Morgan fingerprint density at radius 2 is 1.44 bits per heavy atom. The zero-order valence-electron chi connectivity index (χ0n) is 15.6. The molecule has 3 aromatic rings. The molecule has 1 aliphatic heterocycles. The fraction of sp³-hybridized carbons (Fsp3) is 0.391. The van der Waals surface area contributed by atoms with Gasteiger partial charge in [0.1, 0.15) is 0 Å². The highest BCUT2D eigenvalue weighted by atomic mass is 35.5. The van der Waals surface area contributed by atoms with Crippen molar-refractivity contribution in [3.05, 3.63) is 60.2 Å². The van der Waals surface area contributed by atoms with Crippen LogP contribution in [0.2, 0.25) is 0 Å². The van der Waals surface area contributed by atoms with Gasteiger partial charge in [-0.3, -0.25) is 4.90 Å². The second-order valence-electron chi connectivity index (χ2n) is 7.65. The Morgan fingerprint density at radius 1 is 0.815 bits per heavy atom. The van der Waals surface area contributed by atoms with Crippen molar-refractivity contribution in [3.8, 4) is 0 Å². The highest BCUT2D eigenvalue weighted by Gasteiger charge is 2.34. The average Bonchev–Trinajstić information content (AvgIpc) is 2.65. The number of hydrogen-bond acceptors (Lipinski definition) is 2. The molecule has 1 aliphatic carbocycles. The molecule has 0 spiro atoms. The number of rotatable bonds is 3. The van der Waals surface area contributed by atoms with E-state index in [0.29, 0.717) is 6.04 Å². The maximum absolute atomic E-state index is 3.52. The number of fused-ring (bicyclic) bond motifs is 3. The van der Waals surface area contributed by atoms with Gasteiger partial charge in [0, 0.05) is 32.2 Å². The first-order valence-electron chi connectivity index (χ1n) is 9.77. The van der Waals surface area contributed by atoms with Crippen LogP contribution < -0.4 is 5.32 Å². The molecule has 1 saturated heterocycles. The second-order valence-corrected chi connectivity index (χ2v) is 7.65. The Balaban J connectivity index is 0.00000105. The Hall–Kier alpha value is -1.32. The summed E-state index contributed by atoms with van der Waals surface area (Å²) < 4.78 is 0. The van der Waals surface area contributed by atoms with Gasteiger partial charge < -0.3 is 5.32 Å². The molecule has 0 amide bonds. The van der Waals surface area contributed by atoms with Gasteiger partial charge in [-0.25, -0.2) is 0 Å². The molecule has 5 rings (SSSR count). The lowest BCUT2D eigenvalue weighted by Crippen LogP contribution is -2.47. The van der Waals surface area contributed by atoms with E-state index in [-0.39, 0.29) is 24.8 Å². The topological polar surface area (TPSA) is 15.3 Å². The Bertz CT molecular complexity index is 901. The molecule has 3 aromatic carbocycles. The van der Waals surface area contributed by atoms with Gasteiger partial charge in [0.2, 0.25) is 0 Å². The Labute approximate surface area is 174 Å². The van der Waals surface area contributed by atoms with E-state index in [9.17, 15) is 0 Å². The summed E-state index contributed by atoms with van der Waals surface area (Å²) in [6, 6.07) is 21.0. The van der Waals surface area contributed by atoms with E-state index >= 15 is 0 Å². The van der Waals surface area contributed by atoms with Crippen molar-refractivity contribution in [2.24, 2.45) is 5.92 Å². The third-order valence-electron chi connectivity index (χ3n) is 6.26. The molecule has 144 valence electrons. The maximum Gasteiger partial charge on any atom is 0.0383 e. The minimum atomic E-state index is 0. The monoisotopic (exact) mass is 402 g/mol. The van der Waals surface area contributed by atoms with Crippen LogP contribution in [0.1, 0.15) is 30.9 Å². The molecule has 2 aliphatic rings. The van der Waals surface area contributed by atoms with Gasteiger partial charge >= 0.3 is 0 Å². The SMILES string of the molecule is Cl.Cl.c1ccc2c(c1)cc([C@@H](C1CCC1)N1CCNCC1)c1ccccc12. The molecule has 2 fully saturated rings. The summed E-state index contributed by atoms with van der Waals surface area (Å²) >= 11 is 0. The summed E-state index contributed by atoms with van der Waals surface area (Å²) in [4.78, 5) is 2.75. The van der Waals surface area contributed by atoms with Crippen molar-refractivity contribution in [2.45, 2.75) is 25.3 Å². The van der Waals surface area contributed by atoms with E-state index in [1.165, 1.54) is 53.9 Å². The summed E-state index contributed by atoms with van der Waals surface area (Å²) in [6.45, 7) is 4.58. The molecular formula is C23H28Cl2N2. The molecule has 0 aromatic heterocycles. The molecular weight excluding hydrogens is 375 g/mol. The van der Waals surface area contributed by atoms with Gasteiger partial charge in [-0.1, -0.05) is 55.0 Å². The molecule has 1 atom stereocenters. The van der Waals surface area contributed by atoms with Crippen LogP contribution in [-0.2, 0) is 0 Å². The van der Waals surface area contributed by atoms with Crippen LogP contribution >= 0.6 is 24.8 Å². The van der Waals surface area contributed by atoms with Crippen LogP contribution in [0.15, 0.2) is 54.6 Å². The number of piperazine rings is 1. The van der Waals surface area contributed by atoms with Crippen molar-refractivity contribution in [3.63, 3.8) is 0 Å². The molecule has 0 radical (unpaired) electrons. The van der Waals surface area contributed by atoms with Gasteiger partial charge in [0.05, 0.1) is 0 Å². The highest BCUT2D eigenvalue weighted by molar-refractivity contribution is 6.09. The standard InChI is InChI=1S/C23H26N2.2ClH/c1-2-9-19-18(6-1)16-22(21-11-4-3-10-20(19)21)23(17-7-5-8-17)25-14-12-24-13-15-25;;/h1-4,6,9-11,16-17,23-24H,5,7-8,12-15H2;2*1H/t23-;;/m1../s1. The zero-order chi connectivity index (χ0) is 16.6. The number of nitrogens with zero attached hydrogens (tertiary/aromatic N) is 1.